The Morgan fingerprint density at radius 2 is 1.72 bits per heavy atom. The zero-order valence-electron chi connectivity index (χ0n) is 22.6. The van der Waals surface area contributed by atoms with Crippen LogP contribution < -0.4 is 44.9 Å². The van der Waals surface area contributed by atoms with E-state index in [1.54, 1.807) is 0 Å². The first kappa shape index (κ1) is 28.5. The van der Waals surface area contributed by atoms with Crippen molar-refractivity contribution < 1.29 is 49.7 Å². The Morgan fingerprint density at radius 3 is 2.54 bits per heavy atom. The molecule has 8 heteroatoms. The molecule has 1 saturated carbocycles. The second-order valence-corrected chi connectivity index (χ2v) is 12.1. The van der Waals surface area contributed by atoms with Crippen molar-refractivity contribution in [2.24, 2.45) is 11.8 Å². The van der Waals surface area contributed by atoms with Crippen molar-refractivity contribution in [3.63, 3.8) is 0 Å². The van der Waals surface area contributed by atoms with Crippen molar-refractivity contribution >= 4 is 5.91 Å². The Hall–Kier alpha value is -1.99. The van der Waals surface area contributed by atoms with E-state index in [0.717, 1.165) is 57.1 Å². The van der Waals surface area contributed by atoms with Crippen LogP contribution in [0.25, 0.3) is 0 Å². The summed E-state index contributed by atoms with van der Waals surface area (Å²) in [6.45, 7) is 4.92. The molecule has 2 aromatic rings. The molecule has 4 heterocycles. The van der Waals surface area contributed by atoms with Crippen LogP contribution in [0.5, 0.6) is 11.5 Å². The number of nitrogens with two attached hydrogens (primary N) is 2. The van der Waals surface area contributed by atoms with Gasteiger partial charge in [-0.3, -0.25) is 4.79 Å². The monoisotopic (exact) mass is 573 g/mol. The molecule has 1 aliphatic carbocycles. The average Bonchev–Trinajstić information content (AvgIpc) is 3.62. The second-order valence-electron chi connectivity index (χ2n) is 12.1. The van der Waals surface area contributed by atoms with Crippen molar-refractivity contribution in [3.05, 3.63) is 59.2 Å². The first-order valence-corrected chi connectivity index (χ1v) is 14.7. The van der Waals surface area contributed by atoms with Crippen LogP contribution in [0, 0.1) is 11.8 Å². The zero-order valence-corrected chi connectivity index (χ0v) is 24.1. The number of benzene rings is 2. The fraction of sp³-hybridized carbons (Fsp3) is 0.581. The van der Waals surface area contributed by atoms with Gasteiger partial charge in [0.2, 0.25) is 12.7 Å². The van der Waals surface area contributed by atoms with E-state index in [1.807, 2.05) is 0 Å². The number of carbonyl (C=O) groups is 1. The quantitative estimate of drug-likeness (QED) is 0.397. The maximum absolute atomic E-state index is 14.6. The molecule has 0 bridgehead atoms. The number of hydrogen-bond donors (Lipinski definition) is 2. The van der Waals surface area contributed by atoms with Crippen molar-refractivity contribution in [1.82, 2.24) is 4.90 Å². The first-order valence-electron chi connectivity index (χ1n) is 14.7. The van der Waals surface area contributed by atoms with Gasteiger partial charge in [0.05, 0.1) is 25.2 Å². The highest BCUT2D eigenvalue weighted by molar-refractivity contribution is 5.82. The Morgan fingerprint density at radius 1 is 0.923 bits per heavy atom. The number of halogens is 2. The summed E-state index contributed by atoms with van der Waals surface area (Å²) in [5, 5.41) is 4.78. The Bertz CT molecular complexity index is 1160. The molecule has 1 amide bonds. The SMILES string of the molecule is O=C([C@@H]1C[NH2+]C[C@]12C[NH2+]Cc1c2ccc2c1OCO2)N1CC[C@@H](c2ccccc2)C[C@H]1C1CCCCC1.[Cl-].[Cl-]. The fourth-order valence-corrected chi connectivity index (χ4v) is 8.48. The molecule has 1 spiro atoms. The van der Waals surface area contributed by atoms with Crippen LogP contribution in [0.3, 0.4) is 0 Å². The highest BCUT2D eigenvalue weighted by Crippen LogP contribution is 2.46. The standard InChI is InChI=1S/C31H39N3O3.2ClH/c35-30(26-17-33-19-31(26)18-32-16-24-25(31)11-12-28-29(24)37-20-36-28)34-14-13-23(21-7-3-1-4-8-21)15-27(34)22-9-5-2-6-10-22;;/h1,3-4,7-8,11-12,22-23,26-27,32-33H,2,5-6,9-10,13-20H2;2*1H/t23-,26+,27+,31+;;/m1../s1. The van der Waals surface area contributed by atoms with Gasteiger partial charge < -0.3 is 49.8 Å². The number of rotatable bonds is 3. The van der Waals surface area contributed by atoms with Crippen LogP contribution in [0.1, 0.15) is 67.6 Å². The second kappa shape index (κ2) is 11.9. The summed E-state index contributed by atoms with van der Waals surface area (Å²) in [5.74, 6) is 3.40. The van der Waals surface area contributed by atoms with Gasteiger partial charge >= 0.3 is 0 Å². The van der Waals surface area contributed by atoms with Gasteiger partial charge in [0.25, 0.3) is 0 Å². The maximum atomic E-state index is 14.6. The van der Waals surface area contributed by atoms with E-state index in [-0.39, 0.29) is 36.1 Å². The van der Waals surface area contributed by atoms with Gasteiger partial charge in [-0.15, -0.1) is 0 Å². The van der Waals surface area contributed by atoms with E-state index in [0.29, 0.717) is 30.6 Å². The molecular formula is C31H41Cl2N3O3. The Labute approximate surface area is 244 Å². The molecule has 0 unspecified atom stereocenters. The third kappa shape index (κ3) is 4.92. The molecule has 6 nitrogen and oxygen atoms in total. The molecule has 4 aliphatic heterocycles. The summed E-state index contributed by atoms with van der Waals surface area (Å²) in [6, 6.07) is 15.7. The van der Waals surface area contributed by atoms with E-state index in [4.69, 9.17) is 9.47 Å². The van der Waals surface area contributed by atoms with Crippen molar-refractivity contribution in [2.75, 3.05) is 33.0 Å². The minimum Gasteiger partial charge on any atom is -1.00 e. The topological polar surface area (TPSA) is 72.0 Å². The number of likely N-dealkylation sites (tertiary alicyclic amines) is 1. The summed E-state index contributed by atoms with van der Waals surface area (Å²) >= 11 is 0. The van der Waals surface area contributed by atoms with E-state index in [2.05, 4.69) is 58.0 Å². The summed E-state index contributed by atoms with van der Waals surface area (Å²) in [7, 11) is 0. The van der Waals surface area contributed by atoms with E-state index in [1.165, 1.54) is 48.8 Å². The number of hydrogen-bond acceptors (Lipinski definition) is 3. The maximum Gasteiger partial charge on any atom is 0.233 e. The number of piperidine rings is 1. The Balaban J connectivity index is 0.00000154. The van der Waals surface area contributed by atoms with E-state index >= 15 is 0 Å². The lowest BCUT2D eigenvalue weighted by molar-refractivity contribution is -0.691. The number of quaternary nitrogens is 2. The normalized spacial score (nSPS) is 29.8. The van der Waals surface area contributed by atoms with Gasteiger partial charge in [-0.1, -0.05) is 55.7 Å². The molecule has 2 saturated heterocycles. The lowest BCUT2D eigenvalue weighted by Gasteiger charge is -2.47. The van der Waals surface area contributed by atoms with Crippen LogP contribution in [0.2, 0.25) is 0 Å². The predicted octanol–water partition coefficient (Wildman–Crippen LogP) is -3.71. The summed E-state index contributed by atoms with van der Waals surface area (Å²) < 4.78 is 11.6. The number of amides is 1. The van der Waals surface area contributed by atoms with Crippen LogP contribution in [0.15, 0.2) is 42.5 Å². The number of ether oxygens (including phenoxy) is 2. The van der Waals surface area contributed by atoms with E-state index < -0.39 is 0 Å². The minimum atomic E-state index is -0.140. The fourth-order valence-electron chi connectivity index (χ4n) is 8.48. The molecule has 4 N–H and O–H groups in total. The highest BCUT2D eigenvalue weighted by atomic mass is 35.5. The van der Waals surface area contributed by atoms with Gasteiger partial charge in [0, 0.05) is 12.6 Å². The number of carbonyl (C=O) groups excluding carboxylic acids is 1. The highest BCUT2D eigenvalue weighted by Gasteiger charge is 2.57. The molecule has 5 aliphatic rings. The molecule has 0 radical (unpaired) electrons. The smallest absolute Gasteiger partial charge is 0.233 e. The van der Waals surface area contributed by atoms with Gasteiger partial charge in [-0.2, -0.15) is 0 Å². The lowest BCUT2D eigenvalue weighted by atomic mass is 9.67. The molecule has 39 heavy (non-hydrogen) atoms. The van der Waals surface area contributed by atoms with E-state index in [9.17, 15) is 4.79 Å². The zero-order chi connectivity index (χ0) is 24.8. The van der Waals surface area contributed by atoms with Gasteiger partial charge in [-0.05, 0) is 54.7 Å². The van der Waals surface area contributed by atoms with Crippen LogP contribution in [-0.2, 0) is 16.8 Å². The first-order chi connectivity index (χ1) is 18.2. The third-order valence-electron chi connectivity index (χ3n) is 10.3. The number of nitrogens with zero attached hydrogens (tertiary/aromatic N) is 1. The third-order valence-corrected chi connectivity index (χ3v) is 10.3. The summed E-state index contributed by atoms with van der Waals surface area (Å²) in [5.41, 5.74) is 3.90. The van der Waals surface area contributed by atoms with Crippen LogP contribution >= 0.6 is 0 Å². The summed E-state index contributed by atoms with van der Waals surface area (Å²) in [4.78, 5) is 17.0. The van der Waals surface area contributed by atoms with Crippen LogP contribution in [-0.4, -0.2) is 49.8 Å². The molecule has 4 atom stereocenters. The van der Waals surface area contributed by atoms with Crippen molar-refractivity contribution in [1.29, 1.82) is 0 Å². The van der Waals surface area contributed by atoms with Crippen molar-refractivity contribution in [2.45, 2.75) is 68.9 Å². The largest absolute Gasteiger partial charge is 1.00 e. The van der Waals surface area contributed by atoms with Gasteiger partial charge in [-0.25, -0.2) is 0 Å². The number of fused-ring (bicyclic) bond motifs is 4. The molecule has 3 fully saturated rings. The van der Waals surface area contributed by atoms with Crippen LogP contribution in [0.4, 0.5) is 0 Å². The minimum absolute atomic E-state index is 0. The molecule has 2 aromatic carbocycles. The van der Waals surface area contributed by atoms with Gasteiger partial charge in [0.1, 0.15) is 17.9 Å². The predicted molar refractivity (Wildman–Crippen MR) is 140 cm³/mol. The van der Waals surface area contributed by atoms with Crippen molar-refractivity contribution in [3.8, 4) is 11.5 Å². The summed E-state index contributed by atoms with van der Waals surface area (Å²) in [6.07, 6.45) is 8.72. The molecule has 7 rings (SSSR count). The molecule has 0 aromatic heterocycles. The Kier molecular flexibility index (Phi) is 8.68. The molecular weight excluding hydrogens is 533 g/mol. The molecule has 212 valence electrons. The lowest BCUT2D eigenvalue weighted by Crippen LogP contribution is -3.00. The average molecular weight is 575 g/mol. The van der Waals surface area contributed by atoms with Gasteiger partial charge in [0.15, 0.2) is 11.5 Å².